The van der Waals surface area contributed by atoms with Gasteiger partial charge in [0.2, 0.25) is 5.91 Å². The molecule has 0 bridgehead atoms. The molecule has 4 nitrogen and oxygen atoms in total. The molecule has 0 aliphatic carbocycles. The molecule has 0 unspecified atom stereocenters. The number of hydrogen-bond acceptors (Lipinski definition) is 3. The summed E-state index contributed by atoms with van der Waals surface area (Å²) < 4.78 is 5.58. The molecule has 0 aromatic heterocycles. The molecule has 1 fully saturated rings. The summed E-state index contributed by atoms with van der Waals surface area (Å²) in [5, 5.41) is 0. The summed E-state index contributed by atoms with van der Waals surface area (Å²) in [6, 6.07) is 9.61. The van der Waals surface area contributed by atoms with Gasteiger partial charge in [0.25, 0.3) is 0 Å². The van der Waals surface area contributed by atoms with Crippen molar-refractivity contribution in [1.82, 2.24) is 9.80 Å². The normalized spacial score (nSPS) is 16.5. The second-order valence-corrected chi connectivity index (χ2v) is 5.55. The first-order valence-corrected chi connectivity index (χ1v) is 8.07. The molecule has 1 saturated heterocycles. The van der Waals surface area contributed by atoms with Crippen molar-refractivity contribution in [3.05, 3.63) is 30.3 Å². The first kappa shape index (κ1) is 16.1. The average molecular weight is 311 g/mol. The number of carbonyl (C=O) groups excluding carboxylic acids is 1. The SMILES string of the molecule is O=C(CCOc1ccccc1)N1CCCN(CCCl)CC1. The molecule has 5 heteroatoms. The number of alkyl halides is 1. The van der Waals surface area contributed by atoms with Gasteiger partial charge in [0.15, 0.2) is 0 Å². The maximum absolute atomic E-state index is 12.2. The highest BCUT2D eigenvalue weighted by Gasteiger charge is 2.18. The lowest BCUT2D eigenvalue weighted by Gasteiger charge is -2.21. The molecule has 0 spiro atoms. The zero-order valence-corrected chi connectivity index (χ0v) is 13.1. The van der Waals surface area contributed by atoms with Gasteiger partial charge in [-0.2, -0.15) is 0 Å². The molecule has 0 radical (unpaired) electrons. The maximum Gasteiger partial charge on any atom is 0.226 e. The van der Waals surface area contributed by atoms with E-state index in [1.54, 1.807) is 0 Å². The van der Waals surface area contributed by atoms with Crippen LogP contribution in [0.3, 0.4) is 0 Å². The van der Waals surface area contributed by atoms with Crippen LogP contribution in [0.25, 0.3) is 0 Å². The highest BCUT2D eigenvalue weighted by molar-refractivity contribution is 6.18. The monoisotopic (exact) mass is 310 g/mol. The van der Waals surface area contributed by atoms with Crippen LogP contribution in [-0.4, -0.2) is 60.9 Å². The van der Waals surface area contributed by atoms with Crippen molar-refractivity contribution >= 4 is 17.5 Å². The summed E-state index contributed by atoms with van der Waals surface area (Å²) in [5.74, 6) is 1.65. The molecule has 1 heterocycles. The Bertz CT molecular complexity index is 428. The van der Waals surface area contributed by atoms with Crippen molar-refractivity contribution in [2.75, 3.05) is 45.2 Å². The largest absolute Gasteiger partial charge is 0.493 e. The van der Waals surface area contributed by atoms with E-state index in [9.17, 15) is 4.79 Å². The van der Waals surface area contributed by atoms with Crippen molar-refractivity contribution < 1.29 is 9.53 Å². The Morgan fingerprint density at radius 3 is 2.71 bits per heavy atom. The quantitative estimate of drug-likeness (QED) is 0.755. The van der Waals surface area contributed by atoms with E-state index in [0.717, 1.165) is 44.9 Å². The fourth-order valence-electron chi connectivity index (χ4n) is 2.49. The van der Waals surface area contributed by atoms with Crippen LogP contribution in [0, 0.1) is 0 Å². The van der Waals surface area contributed by atoms with Crippen LogP contribution in [-0.2, 0) is 4.79 Å². The average Bonchev–Trinajstić information content (AvgIpc) is 2.74. The first-order chi connectivity index (χ1) is 10.3. The number of benzene rings is 1. The summed E-state index contributed by atoms with van der Waals surface area (Å²) in [7, 11) is 0. The summed E-state index contributed by atoms with van der Waals surface area (Å²) in [6.45, 7) is 4.91. The van der Waals surface area contributed by atoms with Crippen molar-refractivity contribution in [3.63, 3.8) is 0 Å². The number of para-hydroxylation sites is 1. The van der Waals surface area contributed by atoms with Gasteiger partial charge in [-0.15, -0.1) is 11.6 Å². The molecular formula is C16H23ClN2O2. The number of nitrogens with zero attached hydrogens (tertiary/aromatic N) is 2. The van der Waals surface area contributed by atoms with Crippen LogP contribution in [0.1, 0.15) is 12.8 Å². The lowest BCUT2D eigenvalue weighted by atomic mass is 10.3. The van der Waals surface area contributed by atoms with Crippen LogP contribution >= 0.6 is 11.6 Å². The number of hydrogen-bond donors (Lipinski definition) is 0. The van der Waals surface area contributed by atoms with Crippen molar-refractivity contribution in [2.24, 2.45) is 0 Å². The van der Waals surface area contributed by atoms with E-state index in [0.29, 0.717) is 18.9 Å². The third kappa shape index (κ3) is 5.56. The minimum atomic E-state index is 0.179. The fraction of sp³-hybridized carbons (Fsp3) is 0.562. The van der Waals surface area contributed by atoms with Gasteiger partial charge in [0.05, 0.1) is 13.0 Å². The summed E-state index contributed by atoms with van der Waals surface area (Å²) >= 11 is 5.78. The van der Waals surface area contributed by atoms with Gasteiger partial charge in [-0.25, -0.2) is 0 Å². The highest BCUT2D eigenvalue weighted by atomic mass is 35.5. The van der Waals surface area contributed by atoms with Gasteiger partial charge in [-0.05, 0) is 25.1 Å². The van der Waals surface area contributed by atoms with Gasteiger partial charge in [-0.3, -0.25) is 4.79 Å². The van der Waals surface area contributed by atoms with Gasteiger partial charge in [0.1, 0.15) is 5.75 Å². The molecule has 0 N–H and O–H groups in total. The van der Waals surface area contributed by atoms with E-state index in [1.165, 1.54) is 0 Å². The Kier molecular flexibility index (Phi) is 6.83. The van der Waals surface area contributed by atoms with Crippen LogP contribution in [0.4, 0.5) is 0 Å². The second-order valence-electron chi connectivity index (χ2n) is 5.18. The Hall–Kier alpha value is -1.26. The third-order valence-corrected chi connectivity index (χ3v) is 3.84. The molecule has 1 aromatic rings. The second kappa shape index (κ2) is 8.90. The molecule has 1 amide bonds. The van der Waals surface area contributed by atoms with Crippen LogP contribution < -0.4 is 4.74 Å². The number of carbonyl (C=O) groups is 1. The summed E-state index contributed by atoms with van der Waals surface area (Å²) in [4.78, 5) is 16.5. The van der Waals surface area contributed by atoms with Gasteiger partial charge in [0, 0.05) is 32.1 Å². The Balaban J connectivity index is 1.70. The standard InChI is InChI=1S/C16H23ClN2O2/c17-8-11-18-9-4-10-19(13-12-18)16(20)7-14-21-15-5-2-1-3-6-15/h1-3,5-6H,4,7-14H2. The van der Waals surface area contributed by atoms with E-state index in [-0.39, 0.29) is 5.91 Å². The Morgan fingerprint density at radius 2 is 1.95 bits per heavy atom. The van der Waals surface area contributed by atoms with Crippen molar-refractivity contribution in [3.8, 4) is 5.75 Å². The number of halogens is 1. The van der Waals surface area contributed by atoms with E-state index in [4.69, 9.17) is 16.3 Å². The van der Waals surface area contributed by atoms with Crippen LogP contribution in [0.15, 0.2) is 30.3 Å². The van der Waals surface area contributed by atoms with Gasteiger partial charge >= 0.3 is 0 Å². The van der Waals surface area contributed by atoms with E-state index in [2.05, 4.69) is 4.90 Å². The van der Waals surface area contributed by atoms with E-state index < -0.39 is 0 Å². The predicted octanol–water partition coefficient (Wildman–Crippen LogP) is 2.23. The minimum absolute atomic E-state index is 0.179. The number of ether oxygens (including phenoxy) is 1. The molecular weight excluding hydrogens is 288 g/mol. The maximum atomic E-state index is 12.2. The molecule has 1 aliphatic rings. The summed E-state index contributed by atoms with van der Waals surface area (Å²) in [5.41, 5.74) is 0. The van der Waals surface area contributed by atoms with E-state index >= 15 is 0 Å². The molecule has 0 saturated carbocycles. The Morgan fingerprint density at radius 1 is 1.14 bits per heavy atom. The summed E-state index contributed by atoms with van der Waals surface area (Å²) in [6.07, 6.45) is 1.45. The Labute approximate surface area is 131 Å². The molecule has 0 atom stereocenters. The fourth-order valence-corrected chi connectivity index (χ4v) is 2.73. The zero-order chi connectivity index (χ0) is 14.9. The van der Waals surface area contributed by atoms with Gasteiger partial charge < -0.3 is 14.5 Å². The minimum Gasteiger partial charge on any atom is -0.493 e. The lowest BCUT2D eigenvalue weighted by Crippen LogP contribution is -2.36. The highest BCUT2D eigenvalue weighted by Crippen LogP contribution is 2.10. The molecule has 116 valence electrons. The van der Waals surface area contributed by atoms with Crippen LogP contribution in [0.5, 0.6) is 5.75 Å². The topological polar surface area (TPSA) is 32.8 Å². The van der Waals surface area contributed by atoms with Crippen molar-refractivity contribution in [1.29, 1.82) is 0 Å². The molecule has 21 heavy (non-hydrogen) atoms. The lowest BCUT2D eigenvalue weighted by molar-refractivity contribution is -0.131. The van der Waals surface area contributed by atoms with Crippen LogP contribution in [0.2, 0.25) is 0 Å². The van der Waals surface area contributed by atoms with Gasteiger partial charge in [-0.1, -0.05) is 18.2 Å². The molecule has 1 aliphatic heterocycles. The zero-order valence-electron chi connectivity index (χ0n) is 12.3. The molecule has 2 rings (SSSR count). The van der Waals surface area contributed by atoms with Crippen molar-refractivity contribution in [2.45, 2.75) is 12.8 Å². The third-order valence-electron chi connectivity index (χ3n) is 3.67. The predicted molar refractivity (Wildman–Crippen MR) is 84.9 cm³/mol. The first-order valence-electron chi connectivity index (χ1n) is 7.53. The smallest absolute Gasteiger partial charge is 0.226 e. The van der Waals surface area contributed by atoms with E-state index in [1.807, 2.05) is 35.2 Å². The number of rotatable bonds is 6. The molecule has 1 aromatic carbocycles. The number of amides is 1.